The smallest absolute Gasteiger partial charge is 0.387 e. The molecule has 1 aromatic carbocycles. The number of aromatic nitrogens is 3. The zero-order valence-electron chi connectivity index (χ0n) is 11.2. The molecular formula is C12H14F2N4O2S. The molecule has 9 heteroatoms. The van der Waals surface area contributed by atoms with E-state index in [1.54, 1.807) is 19.2 Å². The van der Waals surface area contributed by atoms with Crippen molar-refractivity contribution in [2.75, 3.05) is 25.3 Å². The van der Waals surface area contributed by atoms with Crippen LogP contribution in [0.25, 0.3) is 11.4 Å². The van der Waals surface area contributed by atoms with Crippen LogP contribution in [0.1, 0.15) is 0 Å². The lowest BCUT2D eigenvalue weighted by Gasteiger charge is -2.06. The topological polar surface area (TPSA) is 75.2 Å². The highest BCUT2D eigenvalue weighted by Crippen LogP contribution is 2.24. The lowest BCUT2D eigenvalue weighted by molar-refractivity contribution is -0.0498. The van der Waals surface area contributed by atoms with Gasteiger partial charge in [-0.3, -0.25) is 0 Å². The van der Waals surface area contributed by atoms with Gasteiger partial charge in [-0.25, -0.2) is 4.68 Å². The van der Waals surface area contributed by atoms with E-state index in [-0.39, 0.29) is 5.75 Å². The van der Waals surface area contributed by atoms with Gasteiger partial charge in [0.05, 0.1) is 6.61 Å². The summed E-state index contributed by atoms with van der Waals surface area (Å²) >= 11 is 1.41. The Balaban J connectivity index is 2.11. The van der Waals surface area contributed by atoms with Crippen LogP contribution >= 0.6 is 11.8 Å². The highest BCUT2D eigenvalue weighted by molar-refractivity contribution is 7.99. The molecule has 0 aliphatic heterocycles. The fraction of sp³-hybridized carbons (Fsp3) is 0.333. The molecule has 1 aromatic heterocycles. The van der Waals surface area contributed by atoms with E-state index in [2.05, 4.69) is 14.9 Å². The van der Waals surface area contributed by atoms with Crippen molar-refractivity contribution in [2.24, 2.45) is 0 Å². The lowest BCUT2D eigenvalue weighted by atomic mass is 10.2. The van der Waals surface area contributed by atoms with E-state index in [1.807, 2.05) is 0 Å². The fourth-order valence-corrected chi connectivity index (χ4v) is 2.33. The Hall–Kier alpha value is -1.87. The molecule has 0 aliphatic rings. The molecule has 2 rings (SSSR count). The van der Waals surface area contributed by atoms with Crippen LogP contribution in [0.4, 0.5) is 8.78 Å². The SMILES string of the molecule is COCCSc1nnc(-c2ccc(OC(F)F)cc2)n1N. The molecule has 1 heterocycles. The van der Waals surface area contributed by atoms with Crippen LogP contribution in [0, 0.1) is 0 Å². The molecule has 114 valence electrons. The first-order valence-corrected chi connectivity index (χ1v) is 6.98. The maximum Gasteiger partial charge on any atom is 0.387 e. The van der Waals surface area contributed by atoms with Gasteiger partial charge in [0.1, 0.15) is 5.75 Å². The Bertz CT molecular complexity index is 577. The Kier molecular flexibility index (Phi) is 5.34. The number of methoxy groups -OCH3 is 1. The van der Waals surface area contributed by atoms with Crippen molar-refractivity contribution in [3.05, 3.63) is 24.3 Å². The van der Waals surface area contributed by atoms with Gasteiger partial charge in [-0.1, -0.05) is 11.8 Å². The molecule has 0 amide bonds. The largest absolute Gasteiger partial charge is 0.435 e. The molecule has 2 aromatic rings. The molecule has 0 aliphatic carbocycles. The van der Waals surface area contributed by atoms with Gasteiger partial charge in [-0.05, 0) is 24.3 Å². The summed E-state index contributed by atoms with van der Waals surface area (Å²) in [6.07, 6.45) is 0. The number of nitrogen functional groups attached to an aromatic ring is 1. The highest BCUT2D eigenvalue weighted by atomic mass is 32.2. The zero-order chi connectivity index (χ0) is 15.2. The maximum atomic E-state index is 12.1. The third kappa shape index (κ3) is 4.05. The number of halogens is 2. The number of nitrogens with zero attached hydrogens (tertiary/aromatic N) is 3. The minimum Gasteiger partial charge on any atom is -0.435 e. The van der Waals surface area contributed by atoms with Gasteiger partial charge in [0.15, 0.2) is 5.82 Å². The standard InChI is InChI=1S/C12H14F2N4O2S/c1-19-6-7-21-12-17-16-10(18(12)15)8-2-4-9(5-3-8)20-11(13)14/h2-5,11H,6-7,15H2,1H3. The van der Waals surface area contributed by atoms with Crippen LogP contribution < -0.4 is 10.6 Å². The predicted molar refractivity (Wildman–Crippen MR) is 74.8 cm³/mol. The molecule has 0 saturated carbocycles. The Morgan fingerprint density at radius 2 is 2.00 bits per heavy atom. The van der Waals surface area contributed by atoms with Gasteiger partial charge in [0, 0.05) is 18.4 Å². The average molecular weight is 316 g/mol. The van der Waals surface area contributed by atoms with Crippen LogP contribution in [0.2, 0.25) is 0 Å². The fourth-order valence-electron chi connectivity index (χ4n) is 1.57. The van der Waals surface area contributed by atoms with Crippen LogP contribution in [-0.4, -0.2) is 41.0 Å². The van der Waals surface area contributed by atoms with Gasteiger partial charge in [-0.15, -0.1) is 10.2 Å². The Labute approximate surface area is 124 Å². The van der Waals surface area contributed by atoms with Gasteiger partial charge in [0.25, 0.3) is 0 Å². The van der Waals surface area contributed by atoms with Crippen molar-refractivity contribution in [3.63, 3.8) is 0 Å². The number of ether oxygens (including phenoxy) is 2. The number of rotatable bonds is 7. The predicted octanol–water partition coefficient (Wildman–Crippen LogP) is 2.00. The number of nitrogens with two attached hydrogens (primary N) is 1. The summed E-state index contributed by atoms with van der Waals surface area (Å²) in [7, 11) is 1.61. The number of thioether (sulfide) groups is 1. The number of hydrogen-bond donors (Lipinski definition) is 1. The van der Waals surface area contributed by atoms with Gasteiger partial charge in [-0.2, -0.15) is 8.78 Å². The van der Waals surface area contributed by atoms with E-state index in [0.29, 0.717) is 28.9 Å². The molecule has 0 atom stereocenters. The van der Waals surface area contributed by atoms with Crippen LogP contribution in [0.5, 0.6) is 5.75 Å². The van der Waals surface area contributed by atoms with Crippen LogP contribution in [-0.2, 0) is 4.74 Å². The van der Waals surface area contributed by atoms with E-state index in [4.69, 9.17) is 10.6 Å². The lowest BCUT2D eigenvalue weighted by Crippen LogP contribution is -2.12. The molecule has 0 radical (unpaired) electrons. The minimum absolute atomic E-state index is 0.0755. The second kappa shape index (κ2) is 7.23. The second-order valence-electron chi connectivity index (χ2n) is 3.92. The molecule has 0 saturated heterocycles. The third-order valence-electron chi connectivity index (χ3n) is 2.52. The molecule has 2 N–H and O–H groups in total. The number of hydrogen-bond acceptors (Lipinski definition) is 6. The average Bonchev–Trinajstić information content (AvgIpc) is 2.81. The van der Waals surface area contributed by atoms with Crippen molar-refractivity contribution < 1.29 is 18.3 Å². The Morgan fingerprint density at radius 3 is 2.62 bits per heavy atom. The second-order valence-corrected chi connectivity index (χ2v) is 4.98. The van der Waals surface area contributed by atoms with Crippen molar-refractivity contribution in [1.82, 2.24) is 14.9 Å². The molecule has 0 fully saturated rings. The number of benzene rings is 1. The first-order valence-electron chi connectivity index (χ1n) is 5.99. The van der Waals surface area contributed by atoms with Gasteiger partial charge in [0.2, 0.25) is 5.16 Å². The first kappa shape index (κ1) is 15.5. The van der Waals surface area contributed by atoms with E-state index in [9.17, 15) is 8.78 Å². The third-order valence-corrected chi connectivity index (χ3v) is 3.43. The summed E-state index contributed by atoms with van der Waals surface area (Å²) in [5.41, 5.74) is 0.658. The molecule has 0 spiro atoms. The molecule has 0 bridgehead atoms. The van der Waals surface area contributed by atoms with Crippen LogP contribution in [0.3, 0.4) is 0 Å². The summed E-state index contributed by atoms with van der Waals surface area (Å²) < 4.78 is 34.7. The van der Waals surface area contributed by atoms with E-state index >= 15 is 0 Å². The quantitative estimate of drug-likeness (QED) is 0.478. The molecule has 21 heavy (non-hydrogen) atoms. The molecule has 6 nitrogen and oxygen atoms in total. The van der Waals surface area contributed by atoms with Crippen molar-refractivity contribution in [3.8, 4) is 17.1 Å². The summed E-state index contributed by atoms with van der Waals surface area (Å²) in [6, 6.07) is 6.03. The monoisotopic (exact) mass is 316 g/mol. The molecule has 0 unspecified atom stereocenters. The van der Waals surface area contributed by atoms with E-state index in [1.165, 1.54) is 28.6 Å². The maximum absolute atomic E-state index is 12.1. The highest BCUT2D eigenvalue weighted by Gasteiger charge is 2.12. The van der Waals surface area contributed by atoms with Crippen molar-refractivity contribution in [1.29, 1.82) is 0 Å². The van der Waals surface area contributed by atoms with E-state index < -0.39 is 6.61 Å². The van der Waals surface area contributed by atoms with E-state index in [0.717, 1.165) is 0 Å². The number of alkyl halides is 2. The zero-order valence-corrected chi connectivity index (χ0v) is 12.0. The van der Waals surface area contributed by atoms with Crippen molar-refractivity contribution >= 4 is 11.8 Å². The van der Waals surface area contributed by atoms with Crippen LogP contribution in [0.15, 0.2) is 29.4 Å². The van der Waals surface area contributed by atoms with Gasteiger partial charge >= 0.3 is 6.61 Å². The van der Waals surface area contributed by atoms with Gasteiger partial charge < -0.3 is 15.3 Å². The minimum atomic E-state index is -2.85. The molecular weight excluding hydrogens is 302 g/mol. The van der Waals surface area contributed by atoms with Crippen molar-refractivity contribution in [2.45, 2.75) is 11.8 Å². The first-order chi connectivity index (χ1) is 10.1. The summed E-state index contributed by atoms with van der Waals surface area (Å²) in [5.74, 6) is 7.14. The summed E-state index contributed by atoms with van der Waals surface area (Å²) in [4.78, 5) is 0. The summed E-state index contributed by atoms with van der Waals surface area (Å²) in [6.45, 7) is -2.27. The summed E-state index contributed by atoms with van der Waals surface area (Å²) in [5, 5.41) is 8.52. The normalized spacial score (nSPS) is 11.0. The Morgan fingerprint density at radius 1 is 1.29 bits per heavy atom.